The van der Waals surface area contributed by atoms with Gasteiger partial charge in [0.25, 0.3) is 0 Å². The van der Waals surface area contributed by atoms with Gasteiger partial charge in [-0.3, -0.25) is 4.57 Å². The van der Waals surface area contributed by atoms with Crippen molar-refractivity contribution in [1.29, 1.82) is 0 Å². The molecule has 84 valence electrons. The molecule has 2 N–H and O–H groups in total. The minimum Gasteiger partial charge on any atom is -0.387 e. The Morgan fingerprint density at radius 3 is 2.82 bits per heavy atom. The lowest BCUT2D eigenvalue weighted by atomic mass is 10.4. The van der Waals surface area contributed by atoms with Crippen molar-refractivity contribution in [1.82, 2.24) is 24.1 Å². The van der Waals surface area contributed by atoms with E-state index in [1.165, 1.54) is 0 Å². The van der Waals surface area contributed by atoms with Gasteiger partial charge in [0.15, 0.2) is 11.6 Å². The van der Waals surface area contributed by atoms with Crippen molar-refractivity contribution in [3.63, 3.8) is 0 Å². The van der Waals surface area contributed by atoms with Crippen molar-refractivity contribution >= 4 is 22.7 Å². The van der Waals surface area contributed by atoms with Gasteiger partial charge in [-0.25, -0.2) is 14.5 Å². The molecule has 3 aromatic rings. The number of fused-ring (bicyclic) bond motifs is 1. The van der Waals surface area contributed by atoms with Gasteiger partial charge in [0.1, 0.15) is 10.5 Å². The van der Waals surface area contributed by atoms with Gasteiger partial charge in [-0.15, -0.1) is 0 Å². The van der Waals surface area contributed by atoms with Crippen LogP contribution in [0, 0.1) is 0 Å². The lowest BCUT2D eigenvalue weighted by Gasteiger charge is -2.06. The van der Waals surface area contributed by atoms with Gasteiger partial charge < -0.3 is 5.73 Å². The summed E-state index contributed by atoms with van der Waals surface area (Å²) in [6, 6.07) is 1.87. The number of aromatic nitrogens is 5. The molecule has 0 aliphatic carbocycles. The molecular formula is C10H8N6S. The number of imidazole rings is 1. The highest BCUT2D eigenvalue weighted by Gasteiger charge is 2.11. The van der Waals surface area contributed by atoms with Gasteiger partial charge in [-0.05, 0) is 6.07 Å². The van der Waals surface area contributed by atoms with Crippen molar-refractivity contribution in [3.8, 4) is 5.82 Å². The molecule has 6 nitrogen and oxygen atoms in total. The first-order chi connectivity index (χ1) is 8.27. The van der Waals surface area contributed by atoms with E-state index in [1.54, 1.807) is 40.1 Å². The maximum absolute atomic E-state index is 5.61. The van der Waals surface area contributed by atoms with E-state index in [1.807, 2.05) is 6.07 Å². The van der Waals surface area contributed by atoms with E-state index in [-0.39, 0.29) is 4.99 Å². The third-order valence-corrected chi connectivity index (χ3v) is 2.58. The van der Waals surface area contributed by atoms with Gasteiger partial charge >= 0.3 is 0 Å². The van der Waals surface area contributed by atoms with Gasteiger partial charge in [0.05, 0.1) is 6.20 Å². The molecule has 0 bridgehead atoms. The Bertz CT molecular complexity index is 697. The Morgan fingerprint density at radius 1 is 1.18 bits per heavy atom. The summed E-state index contributed by atoms with van der Waals surface area (Å²) in [5.74, 6) is 1.21. The van der Waals surface area contributed by atoms with Gasteiger partial charge in [-0.1, -0.05) is 12.2 Å². The molecule has 0 radical (unpaired) electrons. The van der Waals surface area contributed by atoms with Crippen LogP contribution in [0.4, 0.5) is 0 Å². The van der Waals surface area contributed by atoms with Crippen molar-refractivity contribution < 1.29 is 0 Å². The van der Waals surface area contributed by atoms with Crippen molar-refractivity contribution in [3.05, 3.63) is 42.9 Å². The summed E-state index contributed by atoms with van der Waals surface area (Å²) >= 11 is 4.95. The largest absolute Gasteiger partial charge is 0.387 e. The third-order valence-electron chi connectivity index (χ3n) is 2.39. The predicted molar refractivity (Wildman–Crippen MR) is 66.0 cm³/mol. The van der Waals surface area contributed by atoms with Crippen molar-refractivity contribution in [2.45, 2.75) is 0 Å². The molecule has 17 heavy (non-hydrogen) atoms. The molecule has 0 saturated carbocycles. The van der Waals surface area contributed by atoms with E-state index in [2.05, 4.69) is 15.1 Å². The van der Waals surface area contributed by atoms with Gasteiger partial charge in [-0.2, -0.15) is 5.10 Å². The summed E-state index contributed by atoms with van der Waals surface area (Å²) < 4.78 is 3.48. The zero-order chi connectivity index (χ0) is 11.8. The number of rotatable bonds is 2. The van der Waals surface area contributed by atoms with E-state index in [4.69, 9.17) is 18.0 Å². The van der Waals surface area contributed by atoms with Crippen LogP contribution in [0.2, 0.25) is 0 Å². The highest BCUT2D eigenvalue weighted by atomic mass is 32.1. The predicted octanol–water partition coefficient (Wildman–Crippen LogP) is 0.549. The Morgan fingerprint density at radius 2 is 2.00 bits per heavy atom. The molecule has 0 aliphatic rings. The maximum atomic E-state index is 5.61. The summed E-state index contributed by atoms with van der Waals surface area (Å²) in [5, 5.41) is 4.14. The second-order valence-electron chi connectivity index (χ2n) is 3.40. The second kappa shape index (κ2) is 3.63. The molecule has 0 atom stereocenters. The van der Waals surface area contributed by atoms with Crippen LogP contribution >= 0.6 is 12.2 Å². The molecule has 3 heterocycles. The van der Waals surface area contributed by atoms with E-state index < -0.39 is 0 Å². The van der Waals surface area contributed by atoms with Gasteiger partial charge in [0.2, 0.25) is 0 Å². The zero-order valence-corrected chi connectivity index (χ0v) is 9.50. The number of nitrogens with zero attached hydrogens (tertiary/aromatic N) is 5. The van der Waals surface area contributed by atoms with E-state index in [0.29, 0.717) is 11.6 Å². The Kier molecular flexibility index (Phi) is 2.12. The quantitative estimate of drug-likeness (QED) is 0.666. The molecule has 0 aliphatic heterocycles. The number of thiocarbonyl (C=S) groups is 1. The average molecular weight is 244 g/mol. The molecular weight excluding hydrogens is 236 g/mol. The number of hydrogen-bond donors (Lipinski definition) is 1. The number of nitrogens with two attached hydrogens (primary N) is 1. The lowest BCUT2D eigenvalue weighted by Crippen LogP contribution is -2.16. The molecule has 0 amide bonds. The molecule has 0 aromatic carbocycles. The highest BCUT2D eigenvalue weighted by molar-refractivity contribution is 7.80. The van der Waals surface area contributed by atoms with Crippen LogP contribution in [-0.4, -0.2) is 29.1 Å². The first-order valence-electron chi connectivity index (χ1n) is 4.89. The normalized spacial score (nSPS) is 10.8. The molecule has 3 rings (SSSR count). The van der Waals surface area contributed by atoms with Crippen LogP contribution in [0.1, 0.15) is 5.82 Å². The molecule has 0 saturated heterocycles. The van der Waals surface area contributed by atoms with Crippen LogP contribution in [0.3, 0.4) is 0 Å². The summed E-state index contributed by atoms with van der Waals surface area (Å²) in [6.45, 7) is 0. The second-order valence-corrected chi connectivity index (χ2v) is 3.84. The first kappa shape index (κ1) is 9.91. The van der Waals surface area contributed by atoms with Crippen LogP contribution in [0.25, 0.3) is 11.3 Å². The minimum absolute atomic E-state index is 0.235. The Labute approximate surface area is 102 Å². The van der Waals surface area contributed by atoms with Crippen molar-refractivity contribution in [2.24, 2.45) is 5.73 Å². The Balaban J connectivity index is 2.30. The van der Waals surface area contributed by atoms with Crippen LogP contribution in [0.15, 0.2) is 37.1 Å². The van der Waals surface area contributed by atoms with E-state index >= 15 is 0 Å². The van der Waals surface area contributed by atoms with Crippen LogP contribution in [-0.2, 0) is 0 Å². The first-order valence-corrected chi connectivity index (χ1v) is 5.30. The standard InChI is InChI=1S/C10H8N6S/c11-8(17)10-13-3-5-15(10)9-7-1-2-14-16(7)6-4-12-9/h1-6H,(H2,11,17). The minimum atomic E-state index is 0.235. The average Bonchev–Trinajstić information content (AvgIpc) is 2.97. The fourth-order valence-electron chi connectivity index (χ4n) is 1.69. The molecule has 0 spiro atoms. The lowest BCUT2D eigenvalue weighted by molar-refractivity contribution is 0.907. The van der Waals surface area contributed by atoms with E-state index in [9.17, 15) is 0 Å². The molecule has 0 unspecified atom stereocenters. The topological polar surface area (TPSA) is 74.0 Å². The number of hydrogen-bond acceptors (Lipinski definition) is 4. The fourth-order valence-corrected chi connectivity index (χ4v) is 1.84. The van der Waals surface area contributed by atoms with Crippen LogP contribution < -0.4 is 5.73 Å². The molecule has 7 heteroatoms. The van der Waals surface area contributed by atoms with Crippen molar-refractivity contribution in [2.75, 3.05) is 0 Å². The summed E-state index contributed by atoms with van der Waals surface area (Å²) in [7, 11) is 0. The molecule has 0 fully saturated rings. The SMILES string of the molecule is NC(=S)c1nccn1-c1nccn2nccc12. The summed E-state index contributed by atoms with van der Waals surface area (Å²) in [4.78, 5) is 8.66. The summed E-state index contributed by atoms with van der Waals surface area (Å²) in [5.41, 5.74) is 6.48. The summed E-state index contributed by atoms with van der Waals surface area (Å²) in [6.07, 6.45) is 8.55. The fraction of sp³-hybridized carbons (Fsp3) is 0. The molecule has 3 aromatic heterocycles. The third kappa shape index (κ3) is 1.48. The highest BCUT2D eigenvalue weighted by Crippen LogP contribution is 2.14. The zero-order valence-electron chi connectivity index (χ0n) is 8.69. The smallest absolute Gasteiger partial charge is 0.173 e. The van der Waals surface area contributed by atoms with Crippen LogP contribution in [0.5, 0.6) is 0 Å². The monoisotopic (exact) mass is 244 g/mol. The Hall–Kier alpha value is -2.28. The van der Waals surface area contributed by atoms with Gasteiger partial charge in [0, 0.05) is 24.8 Å². The van der Waals surface area contributed by atoms with E-state index in [0.717, 1.165) is 5.52 Å². The maximum Gasteiger partial charge on any atom is 0.173 e.